The Bertz CT molecular complexity index is 491. The Balaban J connectivity index is 2.56. The lowest BCUT2D eigenvalue weighted by atomic mass is 9.80. The SMILES string of the molecule is COC(=O)CCCCC(=O)OC1CC(C)(C)N(OCC(C)(C)O)C(C)(C)C1. The molecule has 0 atom stereocenters. The van der Waals surface area contributed by atoms with Crippen molar-refractivity contribution in [1.82, 2.24) is 5.06 Å². The van der Waals surface area contributed by atoms with E-state index in [0.717, 1.165) is 0 Å². The van der Waals surface area contributed by atoms with Crippen LogP contribution in [0.3, 0.4) is 0 Å². The van der Waals surface area contributed by atoms with Gasteiger partial charge in [-0.15, -0.1) is 0 Å². The molecule has 0 amide bonds. The van der Waals surface area contributed by atoms with Gasteiger partial charge in [-0.05, 0) is 54.4 Å². The van der Waals surface area contributed by atoms with Crippen LogP contribution in [-0.2, 0) is 23.9 Å². The fourth-order valence-electron chi connectivity index (χ4n) is 3.71. The summed E-state index contributed by atoms with van der Waals surface area (Å²) in [5.41, 5.74) is -1.61. The number of piperidine rings is 1. The van der Waals surface area contributed by atoms with Crippen molar-refractivity contribution >= 4 is 11.9 Å². The summed E-state index contributed by atoms with van der Waals surface area (Å²) in [7, 11) is 1.36. The monoisotopic (exact) mass is 387 g/mol. The Hall–Kier alpha value is -1.18. The van der Waals surface area contributed by atoms with Gasteiger partial charge in [0, 0.05) is 36.8 Å². The van der Waals surface area contributed by atoms with E-state index in [-0.39, 0.29) is 35.7 Å². The lowest BCUT2D eigenvalue weighted by molar-refractivity contribution is -0.306. The molecule has 0 saturated carbocycles. The van der Waals surface area contributed by atoms with E-state index in [1.54, 1.807) is 13.8 Å². The number of rotatable bonds is 9. The topological polar surface area (TPSA) is 85.3 Å². The standard InChI is InChI=1S/C20H37NO6/c1-18(2)12-15(27-17(23)11-9-8-10-16(22)25-7)13-19(3,4)21(18)26-14-20(5,6)24/h15,24H,8-14H2,1-7H3. The largest absolute Gasteiger partial charge is 0.469 e. The Morgan fingerprint density at radius 3 is 1.96 bits per heavy atom. The summed E-state index contributed by atoms with van der Waals surface area (Å²) in [6.45, 7) is 11.8. The molecule has 1 fully saturated rings. The van der Waals surface area contributed by atoms with E-state index in [4.69, 9.17) is 9.57 Å². The average molecular weight is 388 g/mol. The van der Waals surface area contributed by atoms with Gasteiger partial charge in [-0.1, -0.05) is 0 Å². The predicted octanol–water partition coefficient (Wildman–Crippen LogP) is 2.99. The molecule has 0 radical (unpaired) electrons. The second-order valence-corrected chi connectivity index (χ2v) is 9.31. The molecule has 1 N–H and O–H groups in total. The van der Waals surface area contributed by atoms with E-state index >= 15 is 0 Å². The van der Waals surface area contributed by atoms with Gasteiger partial charge in [0.2, 0.25) is 0 Å². The summed E-state index contributed by atoms with van der Waals surface area (Å²) in [6.07, 6.45) is 2.95. The molecule has 27 heavy (non-hydrogen) atoms. The van der Waals surface area contributed by atoms with Crippen LogP contribution in [0.2, 0.25) is 0 Å². The molecule has 7 nitrogen and oxygen atoms in total. The Kier molecular flexibility index (Phi) is 8.26. The van der Waals surface area contributed by atoms with Crippen LogP contribution in [0.1, 0.15) is 80.1 Å². The average Bonchev–Trinajstić information content (AvgIpc) is 2.47. The number of aliphatic hydroxyl groups is 1. The van der Waals surface area contributed by atoms with Gasteiger partial charge in [-0.3, -0.25) is 14.4 Å². The zero-order chi connectivity index (χ0) is 20.9. The molecule has 0 aliphatic carbocycles. The summed E-state index contributed by atoms with van der Waals surface area (Å²) >= 11 is 0. The number of ether oxygens (including phenoxy) is 2. The lowest BCUT2D eigenvalue weighted by Crippen LogP contribution is -2.62. The van der Waals surface area contributed by atoms with Crippen LogP contribution in [0.5, 0.6) is 0 Å². The maximum atomic E-state index is 12.2. The van der Waals surface area contributed by atoms with Crippen LogP contribution < -0.4 is 0 Å². The normalized spacial score (nSPS) is 20.3. The van der Waals surface area contributed by atoms with Crippen molar-refractivity contribution in [3.8, 4) is 0 Å². The van der Waals surface area contributed by atoms with Crippen molar-refractivity contribution in [1.29, 1.82) is 0 Å². The smallest absolute Gasteiger partial charge is 0.306 e. The number of carbonyl (C=O) groups excluding carboxylic acids is 2. The van der Waals surface area contributed by atoms with Crippen LogP contribution in [0.15, 0.2) is 0 Å². The van der Waals surface area contributed by atoms with Gasteiger partial charge >= 0.3 is 11.9 Å². The van der Waals surface area contributed by atoms with E-state index in [1.165, 1.54) is 7.11 Å². The first-order chi connectivity index (χ1) is 12.3. The van der Waals surface area contributed by atoms with E-state index in [1.807, 2.05) is 5.06 Å². The first-order valence-electron chi connectivity index (χ1n) is 9.69. The highest BCUT2D eigenvalue weighted by atomic mass is 16.7. The molecule has 0 aromatic rings. The first kappa shape index (κ1) is 23.9. The Labute approximate surface area is 163 Å². The van der Waals surface area contributed by atoms with Crippen molar-refractivity contribution < 1.29 is 29.0 Å². The Morgan fingerprint density at radius 1 is 1.04 bits per heavy atom. The van der Waals surface area contributed by atoms with Crippen molar-refractivity contribution in [2.24, 2.45) is 0 Å². The first-order valence-corrected chi connectivity index (χ1v) is 9.69. The van der Waals surface area contributed by atoms with Gasteiger partial charge in [-0.25, -0.2) is 0 Å². The van der Waals surface area contributed by atoms with Crippen LogP contribution in [0.4, 0.5) is 0 Å². The van der Waals surface area contributed by atoms with Crippen molar-refractivity contribution in [3.63, 3.8) is 0 Å². The molecule has 0 spiro atoms. The molecule has 1 aliphatic heterocycles. The second-order valence-electron chi connectivity index (χ2n) is 9.31. The molecule has 1 heterocycles. The third-order valence-corrected chi connectivity index (χ3v) is 4.64. The van der Waals surface area contributed by atoms with Crippen molar-refractivity contribution in [2.75, 3.05) is 13.7 Å². The molecule has 1 aliphatic rings. The highest BCUT2D eigenvalue weighted by molar-refractivity contribution is 5.70. The zero-order valence-electron chi connectivity index (χ0n) is 18.0. The number of esters is 2. The van der Waals surface area contributed by atoms with Gasteiger partial charge in [0.15, 0.2) is 0 Å². The van der Waals surface area contributed by atoms with E-state index in [2.05, 4.69) is 32.4 Å². The summed E-state index contributed by atoms with van der Waals surface area (Å²) < 4.78 is 10.3. The molecule has 158 valence electrons. The van der Waals surface area contributed by atoms with Crippen LogP contribution >= 0.6 is 0 Å². The van der Waals surface area contributed by atoms with Gasteiger partial charge in [0.1, 0.15) is 6.10 Å². The minimum Gasteiger partial charge on any atom is -0.469 e. The zero-order valence-corrected chi connectivity index (χ0v) is 18.0. The highest BCUT2D eigenvalue weighted by Gasteiger charge is 2.48. The number of nitrogens with zero attached hydrogens (tertiary/aromatic N) is 1. The lowest BCUT2D eigenvalue weighted by Gasteiger charge is -2.53. The second kappa shape index (κ2) is 9.34. The van der Waals surface area contributed by atoms with E-state index in [9.17, 15) is 14.7 Å². The molecule has 0 bridgehead atoms. The number of carbonyl (C=O) groups is 2. The molecular weight excluding hydrogens is 350 g/mol. The summed E-state index contributed by atoms with van der Waals surface area (Å²) in [6, 6.07) is 0. The number of unbranched alkanes of at least 4 members (excludes halogenated alkanes) is 1. The minimum absolute atomic E-state index is 0.190. The van der Waals surface area contributed by atoms with Gasteiger partial charge in [0.25, 0.3) is 0 Å². The molecular formula is C20H37NO6. The van der Waals surface area contributed by atoms with Gasteiger partial charge in [0.05, 0.1) is 19.3 Å². The molecule has 0 aromatic heterocycles. The number of hydrogen-bond donors (Lipinski definition) is 1. The van der Waals surface area contributed by atoms with Crippen molar-refractivity contribution in [2.45, 2.75) is 103 Å². The number of hydroxylamine groups is 2. The van der Waals surface area contributed by atoms with Crippen LogP contribution in [0.25, 0.3) is 0 Å². The number of hydrogen-bond acceptors (Lipinski definition) is 7. The van der Waals surface area contributed by atoms with Gasteiger partial charge in [-0.2, -0.15) is 5.06 Å². The van der Waals surface area contributed by atoms with Crippen LogP contribution in [0, 0.1) is 0 Å². The molecule has 1 rings (SSSR count). The maximum absolute atomic E-state index is 12.2. The number of methoxy groups -OCH3 is 1. The predicted molar refractivity (Wildman–Crippen MR) is 102 cm³/mol. The summed E-state index contributed by atoms with van der Waals surface area (Å²) in [5.74, 6) is -0.493. The third-order valence-electron chi connectivity index (χ3n) is 4.64. The fourth-order valence-corrected chi connectivity index (χ4v) is 3.71. The van der Waals surface area contributed by atoms with E-state index in [0.29, 0.717) is 38.5 Å². The van der Waals surface area contributed by atoms with Crippen LogP contribution in [-0.4, -0.2) is 58.6 Å². The fraction of sp³-hybridized carbons (Fsp3) is 0.900. The quantitative estimate of drug-likeness (QED) is 0.481. The summed E-state index contributed by atoms with van der Waals surface area (Å²) in [4.78, 5) is 29.2. The minimum atomic E-state index is -0.917. The Morgan fingerprint density at radius 2 is 1.52 bits per heavy atom. The van der Waals surface area contributed by atoms with Crippen molar-refractivity contribution in [3.05, 3.63) is 0 Å². The molecule has 1 saturated heterocycles. The molecule has 0 unspecified atom stereocenters. The molecule has 0 aromatic carbocycles. The highest BCUT2D eigenvalue weighted by Crippen LogP contribution is 2.40. The maximum Gasteiger partial charge on any atom is 0.306 e. The van der Waals surface area contributed by atoms with E-state index < -0.39 is 5.60 Å². The summed E-state index contributed by atoms with van der Waals surface area (Å²) in [5, 5.41) is 11.9. The molecule has 7 heteroatoms. The van der Waals surface area contributed by atoms with Gasteiger partial charge < -0.3 is 14.6 Å². The third kappa shape index (κ3) is 8.15.